The largest absolute Gasteiger partial charge is 0.508 e. The Bertz CT molecular complexity index is 442. The van der Waals surface area contributed by atoms with Crippen molar-refractivity contribution in [2.45, 2.75) is 45.6 Å². The maximum atomic E-state index is 12.2. The minimum absolute atomic E-state index is 0.0220. The number of rotatable bonds is 2. The van der Waals surface area contributed by atoms with Crippen molar-refractivity contribution >= 4 is 5.91 Å². The first-order chi connectivity index (χ1) is 8.58. The molecular weight excluding hydrogens is 226 g/mol. The van der Waals surface area contributed by atoms with Crippen molar-refractivity contribution in [3.63, 3.8) is 0 Å². The first-order valence-corrected chi connectivity index (χ1v) is 6.68. The van der Waals surface area contributed by atoms with E-state index in [1.807, 2.05) is 6.92 Å². The van der Waals surface area contributed by atoms with E-state index < -0.39 is 0 Å². The predicted octanol–water partition coefficient (Wildman–Crippen LogP) is 3.01. The molecular formula is C15H21NO2. The number of aromatic hydroxyl groups is 1. The van der Waals surface area contributed by atoms with Crippen LogP contribution in [0.15, 0.2) is 18.2 Å². The van der Waals surface area contributed by atoms with Crippen molar-refractivity contribution in [1.29, 1.82) is 0 Å². The number of carbonyl (C=O) groups is 1. The Morgan fingerprint density at radius 2 is 2.06 bits per heavy atom. The number of carbonyl (C=O) groups excluding carboxylic acids is 1. The number of hydrogen-bond donors (Lipinski definition) is 2. The lowest BCUT2D eigenvalue weighted by atomic mass is 9.86. The fourth-order valence-electron chi connectivity index (χ4n) is 2.68. The van der Waals surface area contributed by atoms with Gasteiger partial charge in [0.15, 0.2) is 0 Å². The molecule has 2 N–H and O–H groups in total. The van der Waals surface area contributed by atoms with Gasteiger partial charge in [0, 0.05) is 11.6 Å². The molecule has 0 saturated heterocycles. The van der Waals surface area contributed by atoms with Crippen LogP contribution in [-0.2, 0) is 0 Å². The first kappa shape index (κ1) is 12.9. The molecule has 98 valence electrons. The highest BCUT2D eigenvalue weighted by Crippen LogP contribution is 2.24. The summed E-state index contributed by atoms with van der Waals surface area (Å²) in [5.74, 6) is 0.737. The van der Waals surface area contributed by atoms with Crippen LogP contribution in [0.4, 0.5) is 0 Å². The molecule has 1 aromatic rings. The minimum atomic E-state index is -0.0220. The van der Waals surface area contributed by atoms with Crippen molar-refractivity contribution in [3.8, 4) is 5.75 Å². The molecule has 0 heterocycles. The summed E-state index contributed by atoms with van der Waals surface area (Å²) in [6.07, 6.45) is 4.74. The summed E-state index contributed by atoms with van der Waals surface area (Å²) in [4.78, 5) is 12.2. The van der Waals surface area contributed by atoms with Gasteiger partial charge in [-0.1, -0.05) is 19.8 Å². The third-order valence-corrected chi connectivity index (χ3v) is 3.88. The highest BCUT2D eigenvalue weighted by Gasteiger charge is 2.23. The Hall–Kier alpha value is -1.51. The molecule has 1 aromatic carbocycles. The summed E-state index contributed by atoms with van der Waals surface area (Å²) in [5.41, 5.74) is 1.47. The smallest absolute Gasteiger partial charge is 0.251 e. The van der Waals surface area contributed by atoms with Gasteiger partial charge in [0.25, 0.3) is 5.91 Å². The number of aryl methyl sites for hydroxylation is 1. The van der Waals surface area contributed by atoms with Crippen molar-refractivity contribution < 1.29 is 9.90 Å². The van der Waals surface area contributed by atoms with E-state index in [9.17, 15) is 9.90 Å². The average molecular weight is 247 g/mol. The van der Waals surface area contributed by atoms with Gasteiger partial charge in [-0.3, -0.25) is 4.79 Å². The van der Waals surface area contributed by atoms with Crippen molar-refractivity contribution in [2.75, 3.05) is 0 Å². The summed E-state index contributed by atoms with van der Waals surface area (Å²) in [5, 5.41) is 12.5. The Morgan fingerprint density at radius 3 is 2.72 bits per heavy atom. The summed E-state index contributed by atoms with van der Waals surface area (Å²) in [7, 11) is 0. The van der Waals surface area contributed by atoms with Crippen LogP contribution in [0.5, 0.6) is 5.75 Å². The van der Waals surface area contributed by atoms with Crippen LogP contribution < -0.4 is 5.32 Å². The van der Waals surface area contributed by atoms with Gasteiger partial charge in [0.1, 0.15) is 5.75 Å². The van der Waals surface area contributed by atoms with E-state index in [4.69, 9.17) is 0 Å². The highest BCUT2D eigenvalue weighted by atomic mass is 16.3. The maximum Gasteiger partial charge on any atom is 0.251 e. The number of hydrogen-bond acceptors (Lipinski definition) is 2. The second-order valence-electron chi connectivity index (χ2n) is 5.34. The van der Waals surface area contributed by atoms with Gasteiger partial charge in [-0.05, 0) is 49.4 Å². The van der Waals surface area contributed by atoms with Crippen LogP contribution in [-0.4, -0.2) is 17.1 Å². The summed E-state index contributed by atoms with van der Waals surface area (Å²) in [6.45, 7) is 4.05. The molecule has 2 unspecified atom stereocenters. The molecule has 1 saturated carbocycles. The zero-order valence-electron chi connectivity index (χ0n) is 11.1. The highest BCUT2D eigenvalue weighted by molar-refractivity contribution is 5.96. The van der Waals surface area contributed by atoms with Gasteiger partial charge < -0.3 is 10.4 Å². The molecule has 2 atom stereocenters. The maximum absolute atomic E-state index is 12.2. The molecule has 18 heavy (non-hydrogen) atoms. The second-order valence-corrected chi connectivity index (χ2v) is 5.34. The molecule has 1 aliphatic carbocycles. The molecule has 0 spiro atoms. The van der Waals surface area contributed by atoms with Gasteiger partial charge in [0.05, 0.1) is 0 Å². The first-order valence-electron chi connectivity index (χ1n) is 6.68. The van der Waals surface area contributed by atoms with Crippen LogP contribution in [0.3, 0.4) is 0 Å². The van der Waals surface area contributed by atoms with Crippen molar-refractivity contribution in [1.82, 2.24) is 5.32 Å². The molecule has 0 bridgehead atoms. The Labute approximate surface area is 108 Å². The summed E-state index contributed by atoms with van der Waals surface area (Å²) in [6, 6.07) is 5.17. The van der Waals surface area contributed by atoms with Crippen LogP contribution in [0.25, 0.3) is 0 Å². The molecule has 2 rings (SSSR count). The minimum Gasteiger partial charge on any atom is -0.508 e. The van der Waals surface area contributed by atoms with Gasteiger partial charge in [-0.25, -0.2) is 0 Å². The topological polar surface area (TPSA) is 49.3 Å². The lowest BCUT2D eigenvalue weighted by Crippen LogP contribution is -2.41. The quantitative estimate of drug-likeness (QED) is 0.844. The van der Waals surface area contributed by atoms with E-state index in [2.05, 4.69) is 12.2 Å². The molecule has 1 amide bonds. The zero-order chi connectivity index (χ0) is 13.1. The third kappa shape index (κ3) is 2.84. The zero-order valence-corrected chi connectivity index (χ0v) is 11.1. The monoisotopic (exact) mass is 247 g/mol. The Kier molecular flexibility index (Phi) is 3.90. The van der Waals surface area contributed by atoms with Gasteiger partial charge >= 0.3 is 0 Å². The normalized spacial score (nSPS) is 23.7. The number of phenols is 1. The summed E-state index contributed by atoms with van der Waals surface area (Å²) >= 11 is 0. The number of amides is 1. The Morgan fingerprint density at radius 1 is 1.33 bits per heavy atom. The van der Waals surface area contributed by atoms with Crippen molar-refractivity contribution in [3.05, 3.63) is 29.3 Å². The van der Waals surface area contributed by atoms with Crippen LogP contribution in [0.2, 0.25) is 0 Å². The molecule has 1 fully saturated rings. The molecule has 3 nitrogen and oxygen atoms in total. The molecule has 1 aliphatic rings. The van der Waals surface area contributed by atoms with E-state index in [-0.39, 0.29) is 11.7 Å². The van der Waals surface area contributed by atoms with E-state index in [0.717, 1.165) is 12.0 Å². The van der Waals surface area contributed by atoms with Crippen molar-refractivity contribution in [2.24, 2.45) is 5.92 Å². The second kappa shape index (κ2) is 5.42. The standard InChI is InChI=1S/C15H21NO2/c1-10-5-3-4-6-14(10)16-15(18)13-8-7-12(17)9-11(13)2/h7-10,14,17H,3-6H2,1-2H3,(H,16,18). The predicted molar refractivity (Wildman–Crippen MR) is 71.7 cm³/mol. The van der Waals surface area contributed by atoms with E-state index in [1.54, 1.807) is 18.2 Å². The number of phenolic OH excluding ortho intramolecular Hbond substituents is 1. The van der Waals surface area contributed by atoms with E-state index in [0.29, 0.717) is 17.5 Å². The number of benzene rings is 1. The van der Waals surface area contributed by atoms with E-state index >= 15 is 0 Å². The van der Waals surface area contributed by atoms with Crippen LogP contribution in [0, 0.1) is 12.8 Å². The summed E-state index contributed by atoms with van der Waals surface area (Å²) < 4.78 is 0. The van der Waals surface area contributed by atoms with Crippen LogP contribution in [0.1, 0.15) is 48.5 Å². The molecule has 0 radical (unpaired) electrons. The third-order valence-electron chi connectivity index (χ3n) is 3.88. The Balaban J connectivity index is 2.07. The van der Waals surface area contributed by atoms with Gasteiger partial charge in [0.2, 0.25) is 0 Å². The lowest BCUT2D eigenvalue weighted by molar-refractivity contribution is 0.0909. The van der Waals surface area contributed by atoms with Gasteiger partial charge in [-0.15, -0.1) is 0 Å². The number of nitrogens with one attached hydrogen (secondary N) is 1. The fourth-order valence-corrected chi connectivity index (χ4v) is 2.68. The average Bonchev–Trinajstić information content (AvgIpc) is 2.32. The fraction of sp³-hybridized carbons (Fsp3) is 0.533. The lowest BCUT2D eigenvalue weighted by Gasteiger charge is -2.29. The van der Waals surface area contributed by atoms with Gasteiger partial charge in [-0.2, -0.15) is 0 Å². The molecule has 0 aromatic heterocycles. The SMILES string of the molecule is Cc1cc(O)ccc1C(=O)NC1CCCCC1C. The molecule has 0 aliphatic heterocycles. The molecule has 3 heteroatoms. The van der Waals surface area contributed by atoms with Crippen LogP contribution >= 0.6 is 0 Å². The van der Waals surface area contributed by atoms with E-state index in [1.165, 1.54) is 19.3 Å².